The standard InChI is InChI=1S/C12H11N3O4S/c1-19-12(16)10-4-2-3-5-11(10)20(17,18)15-9-6-13-8-14-7-9/h2-8,15H,1H3. The summed E-state index contributed by atoms with van der Waals surface area (Å²) >= 11 is 0. The molecule has 0 amide bonds. The van der Waals surface area contributed by atoms with Crippen molar-refractivity contribution in [2.45, 2.75) is 4.90 Å². The summed E-state index contributed by atoms with van der Waals surface area (Å²) in [6.07, 6.45) is 3.90. The molecule has 0 atom stereocenters. The maximum Gasteiger partial charge on any atom is 0.339 e. The molecule has 7 nitrogen and oxygen atoms in total. The van der Waals surface area contributed by atoms with E-state index < -0.39 is 16.0 Å². The molecular weight excluding hydrogens is 282 g/mol. The van der Waals surface area contributed by atoms with Crippen molar-refractivity contribution in [3.8, 4) is 0 Å². The number of nitrogens with one attached hydrogen (secondary N) is 1. The molecular formula is C12H11N3O4S. The third-order valence-corrected chi connectivity index (χ3v) is 3.83. The second-order valence-electron chi connectivity index (χ2n) is 3.72. The molecule has 1 heterocycles. The Morgan fingerprint density at radius 3 is 2.50 bits per heavy atom. The number of hydrogen-bond donors (Lipinski definition) is 1. The van der Waals surface area contributed by atoms with E-state index in [-0.39, 0.29) is 16.1 Å². The monoisotopic (exact) mass is 293 g/mol. The van der Waals surface area contributed by atoms with Crippen LogP contribution in [0.3, 0.4) is 0 Å². The molecule has 0 aliphatic carbocycles. The van der Waals surface area contributed by atoms with Crippen LogP contribution in [-0.2, 0) is 14.8 Å². The number of carbonyl (C=O) groups is 1. The van der Waals surface area contributed by atoms with Gasteiger partial charge in [-0.1, -0.05) is 12.1 Å². The summed E-state index contributed by atoms with van der Waals surface area (Å²) in [6, 6.07) is 5.76. The lowest BCUT2D eigenvalue weighted by atomic mass is 10.2. The average molecular weight is 293 g/mol. The highest BCUT2D eigenvalue weighted by Gasteiger charge is 2.22. The summed E-state index contributed by atoms with van der Waals surface area (Å²) < 4.78 is 31.4. The van der Waals surface area contributed by atoms with Gasteiger partial charge < -0.3 is 4.74 Å². The largest absolute Gasteiger partial charge is 0.465 e. The van der Waals surface area contributed by atoms with Gasteiger partial charge in [0.2, 0.25) is 0 Å². The quantitative estimate of drug-likeness (QED) is 0.846. The van der Waals surface area contributed by atoms with Crippen LogP contribution in [0, 0.1) is 0 Å². The number of carbonyl (C=O) groups excluding carboxylic acids is 1. The molecule has 8 heteroatoms. The summed E-state index contributed by atoms with van der Waals surface area (Å²) in [7, 11) is -2.75. The van der Waals surface area contributed by atoms with Gasteiger partial charge in [0.25, 0.3) is 10.0 Å². The third-order valence-electron chi connectivity index (χ3n) is 2.39. The van der Waals surface area contributed by atoms with Crippen LogP contribution in [0.2, 0.25) is 0 Å². The number of esters is 1. The molecule has 1 N–H and O–H groups in total. The Bertz CT molecular complexity index is 716. The van der Waals surface area contributed by atoms with Crippen molar-refractivity contribution in [1.29, 1.82) is 0 Å². The number of ether oxygens (including phenoxy) is 1. The van der Waals surface area contributed by atoms with Crippen molar-refractivity contribution >= 4 is 21.7 Å². The Morgan fingerprint density at radius 1 is 1.20 bits per heavy atom. The van der Waals surface area contributed by atoms with E-state index >= 15 is 0 Å². The first-order chi connectivity index (χ1) is 9.54. The minimum atomic E-state index is -3.93. The first-order valence-corrected chi connectivity index (χ1v) is 6.98. The number of sulfonamides is 1. The van der Waals surface area contributed by atoms with Crippen molar-refractivity contribution in [2.24, 2.45) is 0 Å². The highest BCUT2D eigenvalue weighted by molar-refractivity contribution is 7.92. The van der Waals surface area contributed by atoms with Crippen LogP contribution >= 0.6 is 0 Å². The van der Waals surface area contributed by atoms with Gasteiger partial charge >= 0.3 is 5.97 Å². The lowest BCUT2D eigenvalue weighted by Crippen LogP contribution is -2.17. The van der Waals surface area contributed by atoms with Crippen LogP contribution < -0.4 is 4.72 Å². The fourth-order valence-electron chi connectivity index (χ4n) is 1.54. The molecule has 0 aliphatic rings. The van der Waals surface area contributed by atoms with Gasteiger partial charge in [-0.25, -0.2) is 23.2 Å². The van der Waals surface area contributed by atoms with E-state index in [4.69, 9.17) is 0 Å². The zero-order valence-corrected chi connectivity index (χ0v) is 11.3. The lowest BCUT2D eigenvalue weighted by Gasteiger charge is -2.10. The SMILES string of the molecule is COC(=O)c1ccccc1S(=O)(=O)Nc1cncnc1. The lowest BCUT2D eigenvalue weighted by molar-refractivity contribution is 0.0596. The maximum atomic E-state index is 12.3. The Balaban J connectivity index is 2.42. The summed E-state index contributed by atoms with van der Waals surface area (Å²) in [5.41, 5.74) is 0.159. The van der Waals surface area contributed by atoms with E-state index in [1.165, 1.54) is 44.0 Å². The molecule has 1 aromatic heterocycles. The average Bonchev–Trinajstić information content (AvgIpc) is 2.47. The van der Waals surface area contributed by atoms with Crippen molar-refractivity contribution in [3.63, 3.8) is 0 Å². The highest BCUT2D eigenvalue weighted by Crippen LogP contribution is 2.19. The van der Waals surface area contributed by atoms with Gasteiger partial charge in [0.05, 0.1) is 30.8 Å². The van der Waals surface area contributed by atoms with Crippen LogP contribution in [0.25, 0.3) is 0 Å². The molecule has 104 valence electrons. The van der Waals surface area contributed by atoms with Gasteiger partial charge in [-0.15, -0.1) is 0 Å². The molecule has 0 unspecified atom stereocenters. The van der Waals surface area contributed by atoms with Crippen LogP contribution in [-0.4, -0.2) is 31.5 Å². The van der Waals surface area contributed by atoms with Gasteiger partial charge in [0.1, 0.15) is 11.2 Å². The Morgan fingerprint density at radius 2 is 1.85 bits per heavy atom. The van der Waals surface area contributed by atoms with Crippen molar-refractivity contribution in [2.75, 3.05) is 11.8 Å². The molecule has 0 aliphatic heterocycles. The zero-order chi connectivity index (χ0) is 14.6. The minimum Gasteiger partial charge on any atom is -0.465 e. The second kappa shape index (κ2) is 5.66. The Hall–Kier alpha value is -2.48. The Kier molecular flexibility index (Phi) is 3.94. The van der Waals surface area contributed by atoms with Crippen LogP contribution in [0.15, 0.2) is 47.9 Å². The van der Waals surface area contributed by atoms with E-state index in [0.717, 1.165) is 0 Å². The molecule has 0 radical (unpaired) electrons. The molecule has 0 saturated heterocycles. The van der Waals surface area contributed by atoms with E-state index in [1.54, 1.807) is 6.07 Å². The first-order valence-electron chi connectivity index (χ1n) is 5.50. The molecule has 0 saturated carbocycles. The topological polar surface area (TPSA) is 98.2 Å². The van der Waals surface area contributed by atoms with Crippen LogP contribution in [0.4, 0.5) is 5.69 Å². The predicted octanol–water partition coefficient (Wildman–Crippen LogP) is 1.06. The van der Waals surface area contributed by atoms with Crippen LogP contribution in [0.1, 0.15) is 10.4 Å². The molecule has 2 rings (SSSR count). The van der Waals surface area contributed by atoms with Gasteiger partial charge in [-0.2, -0.15) is 0 Å². The van der Waals surface area contributed by atoms with Gasteiger partial charge in [-0.3, -0.25) is 4.72 Å². The van der Waals surface area contributed by atoms with E-state index in [0.29, 0.717) is 0 Å². The summed E-state index contributed by atoms with van der Waals surface area (Å²) in [5.74, 6) is -0.727. The number of nitrogens with zero attached hydrogens (tertiary/aromatic N) is 2. The van der Waals surface area contributed by atoms with Gasteiger partial charge in [-0.05, 0) is 12.1 Å². The van der Waals surface area contributed by atoms with E-state index in [9.17, 15) is 13.2 Å². The summed E-state index contributed by atoms with van der Waals surface area (Å²) in [5, 5.41) is 0. The molecule has 20 heavy (non-hydrogen) atoms. The number of rotatable bonds is 4. The third kappa shape index (κ3) is 2.91. The van der Waals surface area contributed by atoms with Gasteiger partial charge in [0.15, 0.2) is 0 Å². The number of aromatic nitrogens is 2. The fraction of sp³-hybridized carbons (Fsp3) is 0.0833. The Labute approximate surface area is 115 Å². The number of benzene rings is 1. The van der Waals surface area contributed by atoms with Crippen LogP contribution in [0.5, 0.6) is 0 Å². The number of anilines is 1. The molecule has 0 bridgehead atoms. The van der Waals surface area contributed by atoms with Crippen molar-refractivity contribution < 1.29 is 17.9 Å². The van der Waals surface area contributed by atoms with E-state index in [2.05, 4.69) is 19.4 Å². The van der Waals surface area contributed by atoms with Crippen molar-refractivity contribution in [3.05, 3.63) is 48.5 Å². The second-order valence-corrected chi connectivity index (χ2v) is 5.37. The predicted molar refractivity (Wildman–Crippen MR) is 70.6 cm³/mol. The number of hydrogen-bond acceptors (Lipinski definition) is 6. The molecule has 0 spiro atoms. The summed E-state index contributed by atoms with van der Waals surface area (Å²) in [6.45, 7) is 0. The normalized spacial score (nSPS) is 10.8. The highest BCUT2D eigenvalue weighted by atomic mass is 32.2. The van der Waals surface area contributed by atoms with Gasteiger partial charge in [0, 0.05) is 0 Å². The van der Waals surface area contributed by atoms with Crippen molar-refractivity contribution in [1.82, 2.24) is 9.97 Å². The number of methoxy groups -OCH3 is 1. The smallest absolute Gasteiger partial charge is 0.339 e. The first kappa shape index (κ1) is 13.9. The fourth-order valence-corrected chi connectivity index (χ4v) is 2.77. The molecule has 2 aromatic rings. The maximum absolute atomic E-state index is 12.3. The summed E-state index contributed by atoms with van der Waals surface area (Å²) in [4.78, 5) is 18.8. The minimum absolute atomic E-state index is 0.0423. The molecule has 0 fully saturated rings. The zero-order valence-electron chi connectivity index (χ0n) is 10.5. The van der Waals surface area contributed by atoms with E-state index in [1.807, 2.05) is 0 Å². The molecule has 1 aromatic carbocycles.